The van der Waals surface area contributed by atoms with Gasteiger partial charge in [0.1, 0.15) is 0 Å². The summed E-state index contributed by atoms with van der Waals surface area (Å²) in [6, 6.07) is 3.48. The van der Waals surface area contributed by atoms with E-state index in [0.717, 1.165) is 24.4 Å². The largest absolute Gasteiger partial charge is 0.433 e. The number of aromatic nitrogens is 2. The minimum Gasteiger partial charge on any atom is -0.228 e. The van der Waals surface area contributed by atoms with E-state index in [-0.39, 0.29) is 11.3 Å². The van der Waals surface area contributed by atoms with Crippen LogP contribution in [0.5, 0.6) is 0 Å². The molecule has 0 bridgehead atoms. The lowest BCUT2D eigenvalue weighted by Crippen LogP contribution is -2.16. The molecule has 0 aliphatic heterocycles. The van der Waals surface area contributed by atoms with Crippen molar-refractivity contribution in [2.75, 3.05) is 0 Å². The third-order valence-corrected chi connectivity index (χ3v) is 2.96. The summed E-state index contributed by atoms with van der Waals surface area (Å²) in [5.74, 6) is -0.451. The highest BCUT2D eigenvalue weighted by molar-refractivity contribution is 6.17. The third kappa shape index (κ3) is 3.15. The fourth-order valence-corrected chi connectivity index (χ4v) is 1.99. The second-order valence-electron chi connectivity index (χ2n) is 4.11. The lowest BCUT2D eigenvalue weighted by Gasteiger charge is -2.13. The maximum atomic E-state index is 13.0. The first-order valence-electron chi connectivity index (χ1n) is 5.52. The quantitative estimate of drug-likeness (QED) is 0.579. The third-order valence-electron chi connectivity index (χ3n) is 2.68. The van der Waals surface area contributed by atoms with Gasteiger partial charge in [-0.15, -0.1) is 11.6 Å². The molecule has 21 heavy (non-hydrogen) atoms. The van der Waals surface area contributed by atoms with Crippen LogP contribution >= 0.6 is 11.6 Å². The molecule has 0 aliphatic carbocycles. The van der Waals surface area contributed by atoms with E-state index < -0.39 is 29.5 Å². The lowest BCUT2D eigenvalue weighted by molar-refractivity contribution is -0.143. The summed E-state index contributed by atoms with van der Waals surface area (Å²) in [6.45, 7) is 0. The summed E-state index contributed by atoms with van der Waals surface area (Å²) >= 11 is 5.41. The molecule has 1 heterocycles. The van der Waals surface area contributed by atoms with E-state index in [1.165, 1.54) is 0 Å². The molecule has 0 N–H and O–H groups in total. The minimum atomic E-state index is -4.78. The topological polar surface area (TPSA) is 17.8 Å². The zero-order valence-electron chi connectivity index (χ0n) is 10.1. The Bertz CT molecular complexity index is 644. The molecule has 0 spiro atoms. The van der Waals surface area contributed by atoms with Gasteiger partial charge < -0.3 is 0 Å². The summed E-state index contributed by atoms with van der Waals surface area (Å²) in [6.07, 6.45) is -8.55. The fraction of sp³-hybridized carbons (Fsp3) is 0.250. The van der Waals surface area contributed by atoms with E-state index in [2.05, 4.69) is 5.10 Å². The van der Waals surface area contributed by atoms with Crippen molar-refractivity contribution in [2.24, 2.45) is 0 Å². The molecule has 0 aliphatic rings. The van der Waals surface area contributed by atoms with E-state index in [9.17, 15) is 26.3 Å². The standard InChI is InChI=1S/C12H7ClF6N2/c13-5-7-6-20-21(10(7)12(17,18)19)9-3-1-2-8(4-9)11(14,15)16/h1-4,6H,5H2. The molecule has 2 rings (SSSR count). The molecule has 114 valence electrons. The lowest BCUT2D eigenvalue weighted by atomic mass is 10.2. The molecule has 0 amide bonds. The molecule has 0 saturated carbocycles. The molecular formula is C12H7ClF6N2. The summed E-state index contributed by atoms with van der Waals surface area (Å²) in [5, 5.41) is 3.49. The van der Waals surface area contributed by atoms with Crippen molar-refractivity contribution in [2.45, 2.75) is 18.2 Å². The number of alkyl halides is 7. The van der Waals surface area contributed by atoms with E-state index in [4.69, 9.17) is 11.6 Å². The first-order valence-corrected chi connectivity index (χ1v) is 6.05. The molecule has 0 fully saturated rings. The molecule has 1 aromatic carbocycles. The second-order valence-corrected chi connectivity index (χ2v) is 4.38. The second kappa shape index (κ2) is 5.25. The average molecular weight is 329 g/mol. The Morgan fingerprint density at radius 1 is 1.05 bits per heavy atom. The predicted octanol–water partition coefficient (Wildman–Crippen LogP) is 4.65. The van der Waals surface area contributed by atoms with Gasteiger partial charge in [0.15, 0.2) is 5.69 Å². The summed E-state index contributed by atoms with van der Waals surface area (Å²) in [5.41, 5.74) is -2.89. The highest BCUT2D eigenvalue weighted by Crippen LogP contribution is 2.35. The van der Waals surface area contributed by atoms with Gasteiger partial charge in [0.05, 0.1) is 23.3 Å². The van der Waals surface area contributed by atoms with Crippen LogP contribution < -0.4 is 0 Å². The van der Waals surface area contributed by atoms with E-state index in [1.54, 1.807) is 0 Å². The molecular weight excluding hydrogens is 322 g/mol. The van der Waals surface area contributed by atoms with Crippen LogP contribution in [0.4, 0.5) is 26.3 Å². The van der Waals surface area contributed by atoms with Gasteiger partial charge in [0.2, 0.25) is 0 Å². The van der Waals surface area contributed by atoms with Crippen LogP contribution in [-0.2, 0) is 18.2 Å². The van der Waals surface area contributed by atoms with Gasteiger partial charge >= 0.3 is 12.4 Å². The van der Waals surface area contributed by atoms with Crippen molar-refractivity contribution in [1.82, 2.24) is 9.78 Å². The maximum absolute atomic E-state index is 13.0. The normalized spacial score (nSPS) is 12.7. The fourth-order valence-electron chi connectivity index (χ4n) is 1.79. The molecule has 2 nitrogen and oxygen atoms in total. The number of halogens is 7. The highest BCUT2D eigenvalue weighted by Gasteiger charge is 2.38. The van der Waals surface area contributed by atoms with Crippen LogP contribution in [-0.4, -0.2) is 9.78 Å². The van der Waals surface area contributed by atoms with Gasteiger partial charge in [-0.1, -0.05) is 6.07 Å². The molecule has 0 saturated heterocycles. The molecule has 0 radical (unpaired) electrons. The van der Waals surface area contributed by atoms with Crippen molar-refractivity contribution in [3.05, 3.63) is 47.3 Å². The smallest absolute Gasteiger partial charge is 0.228 e. The van der Waals surface area contributed by atoms with Crippen molar-refractivity contribution < 1.29 is 26.3 Å². The maximum Gasteiger partial charge on any atom is 0.433 e. The molecule has 0 atom stereocenters. The van der Waals surface area contributed by atoms with Crippen LogP contribution in [0.3, 0.4) is 0 Å². The van der Waals surface area contributed by atoms with Crippen molar-refractivity contribution in [1.29, 1.82) is 0 Å². The Hall–Kier alpha value is -1.70. The Balaban J connectivity index is 2.61. The summed E-state index contributed by atoms with van der Waals surface area (Å²) < 4.78 is 77.3. The Kier molecular flexibility index (Phi) is 3.92. The van der Waals surface area contributed by atoms with Crippen LogP contribution in [0.1, 0.15) is 16.8 Å². The first-order chi connectivity index (χ1) is 9.64. The summed E-state index contributed by atoms with van der Waals surface area (Å²) in [4.78, 5) is 0. The number of nitrogens with zero attached hydrogens (tertiary/aromatic N) is 2. The molecule has 0 unspecified atom stereocenters. The zero-order valence-corrected chi connectivity index (χ0v) is 10.9. The van der Waals surface area contributed by atoms with Crippen LogP contribution in [0, 0.1) is 0 Å². The van der Waals surface area contributed by atoms with Gasteiger partial charge in [0.25, 0.3) is 0 Å². The van der Waals surface area contributed by atoms with Crippen LogP contribution in [0.15, 0.2) is 30.5 Å². The first kappa shape index (κ1) is 15.7. The molecule has 9 heteroatoms. The Morgan fingerprint density at radius 3 is 2.24 bits per heavy atom. The predicted molar refractivity (Wildman–Crippen MR) is 63.1 cm³/mol. The van der Waals surface area contributed by atoms with Gasteiger partial charge in [-0.2, -0.15) is 31.4 Å². The van der Waals surface area contributed by atoms with E-state index in [1.807, 2.05) is 0 Å². The Labute approximate surface area is 119 Å². The van der Waals surface area contributed by atoms with Gasteiger partial charge in [-0.05, 0) is 18.2 Å². The zero-order chi connectivity index (χ0) is 15.8. The average Bonchev–Trinajstić information content (AvgIpc) is 2.81. The number of hydrogen-bond donors (Lipinski definition) is 0. The van der Waals surface area contributed by atoms with Gasteiger partial charge in [-0.3, -0.25) is 0 Å². The molecule has 2 aromatic rings. The highest BCUT2D eigenvalue weighted by atomic mass is 35.5. The summed E-state index contributed by atoms with van der Waals surface area (Å²) in [7, 11) is 0. The van der Waals surface area contributed by atoms with Crippen molar-refractivity contribution in [3.63, 3.8) is 0 Å². The monoisotopic (exact) mass is 328 g/mol. The SMILES string of the molecule is FC(F)(F)c1cccc(-n2ncc(CCl)c2C(F)(F)F)c1. The minimum absolute atomic E-state index is 0.304. The van der Waals surface area contributed by atoms with Gasteiger partial charge in [-0.25, -0.2) is 4.68 Å². The number of hydrogen-bond acceptors (Lipinski definition) is 1. The number of benzene rings is 1. The Morgan fingerprint density at radius 2 is 1.71 bits per heavy atom. The number of rotatable bonds is 2. The van der Waals surface area contributed by atoms with Crippen molar-refractivity contribution in [3.8, 4) is 5.69 Å². The van der Waals surface area contributed by atoms with Crippen LogP contribution in [0.25, 0.3) is 5.69 Å². The van der Waals surface area contributed by atoms with E-state index in [0.29, 0.717) is 10.7 Å². The van der Waals surface area contributed by atoms with E-state index >= 15 is 0 Å². The molecule has 1 aromatic heterocycles. The van der Waals surface area contributed by atoms with Crippen LogP contribution in [0.2, 0.25) is 0 Å². The van der Waals surface area contributed by atoms with Gasteiger partial charge in [0, 0.05) is 5.56 Å². The van der Waals surface area contributed by atoms with Crippen molar-refractivity contribution >= 4 is 11.6 Å².